The monoisotopic (exact) mass is 274 g/mol. The second-order valence-corrected chi connectivity index (χ2v) is 6.18. The highest BCUT2D eigenvalue weighted by atomic mass is 31.2. The molecule has 1 aliphatic carbocycles. The summed E-state index contributed by atoms with van der Waals surface area (Å²) in [4.78, 5) is 20.5. The van der Waals surface area contributed by atoms with Gasteiger partial charge in [0.15, 0.2) is 11.5 Å². The average molecular weight is 274 g/mol. The standard InChI is InChI=1S/C9H14F3O4P/c1-16-17(14,15)6-7(13)8(10)2-4-9(11,12)5-3-8/h2-6H2,1H3,(H,14,15). The molecule has 0 bridgehead atoms. The van der Waals surface area contributed by atoms with Crippen molar-refractivity contribution in [3.63, 3.8) is 0 Å². The molecule has 0 aromatic rings. The SMILES string of the molecule is COP(=O)(O)CC(=O)C1(F)CCC(F)(F)CC1. The number of Topliss-reactive ketones (excluding diaryl/α,β-unsaturated/α-hetero) is 1. The number of carbonyl (C=O) groups excluding carboxylic acids is 1. The predicted molar refractivity (Wildman–Crippen MR) is 54.0 cm³/mol. The minimum absolute atomic E-state index is 0.622. The molecule has 0 aromatic heterocycles. The molecule has 0 spiro atoms. The molecule has 0 heterocycles. The van der Waals surface area contributed by atoms with Gasteiger partial charge in [-0.3, -0.25) is 9.36 Å². The van der Waals surface area contributed by atoms with Crippen LogP contribution in [0.15, 0.2) is 0 Å². The number of hydrogen-bond donors (Lipinski definition) is 1. The molecule has 1 rings (SSSR count). The maximum Gasteiger partial charge on any atom is 0.335 e. The summed E-state index contributed by atoms with van der Waals surface area (Å²) in [5, 5.41) is 0. The molecule has 4 nitrogen and oxygen atoms in total. The molecule has 8 heteroatoms. The van der Waals surface area contributed by atoms with Gasteiger partial charge < -0.3 is 9.42 Å². The van der Waals surface area contributed by atoms with Gasteiger partial charge in [0, 0.05) is 20.0 Å². The molecule has 100 valence electrons. The zero-order valence-electron chi connectivity index (χ0n) is 9.29. The minimum Gasteiger partial charge on any atom is -0.324 e. The minimum atomic E-state index is -4.15. The van der Waals surface area contributed by atoms with Crippen LogP contribution in [0.5, 0.6) is 0 Å². The van der Waals surface area contributed by atoms with Crippen molar-refractivity contribution in [1.82, 2.24) is 0 Å². The fraction of sp³-hybridized carbons (Fsp3) is 0.889. The van der Waals surface area contributed by atoms with Gasteiger partial charge in [0.1, 0.15) is 6.16 Å². The van der Waals surface area contributed by atoms with Gasteiger partial charge in [0.25, 0.3) is 0 Å². The topological polar surface area (TPSA) is 63.6 Å². The summed E-state index contributed by atoms with van der Waals surface area (Å²) in [5.74, 6) is -4.10. The molecule has 17 heavy (non-hydrogen) atoms. The summed E-state index contributed by atoms with van der Waals surface area (Å²) in [6.45, 7) is 0. The lowest BCUT2D eigenvalue weighted by Crippen LogP contribution is -2.42. The third-order valence-corrected chi connectivity index (χ3v) is 4.16. The van der Waals surface area contributed by atoms with E-state index in [1.165, 1.54) is 0 Å². The Balaban J connectivity index is 2.67. The molecule has 1 fully saturated rings. The predicted octanol–water partition coefficient (Wildman–Crippen LogP) is 2.30. The number of rotatable bonds is 4. The Labute approximate surface area is 96.7 Å². The molecule has 0 saturated heterocycles. The molecular weight excluding hydrogens is 260 g/mol. The van der Waals surface area contributed by atoms with Crippen molar-refractivity contribution in [3.05, 3.63) is 0 Å². The first-order valence-electron chi connectivity index (χ1n) is 5.08. The zero-order chi connectivity index (χ0) is 13.3. The molecule has 0 radical (unpaired) electrons. The lowest BCUT2D eigenvalue weighted by atomic mass is 9.82. The summed E-state index contributed by atoms with van der Waals surface area (Å²) in [7, 11) is -3.22. The van der Waals surface area contributed by atoms with Crippen LogP contribution in [0.3, 0.4) is 0 Å². The molecule has 0 aliphatic heterocycles. The Bertz CT molecular complexity index is 348. The number of alkyl halides is 3. The smallest absolute Gasteiger partial charge is 0.324 e. The number of halogens is 3. The Morgan fingerprint density at radius 1 is 1.29 bits per heavy atom. The zero-order valence-corrected chi connectivity index (χ0v) is 10.2. The highest BCUT2D eigenvalue weighted by Gasteiger charge is 2.49. The van der Waals surface area contributed by atoms with Crippen LogP contribution in [0.2, 0.25) is 0 Å². The van der Waals surface area contributed by atoms with Gasteiger partial charge >= 0.3 is 7.60 Å². The second kappa shape index (κ2) is 4.71. The molecular formula is C9H14F3O4P. The largest absolute Gasteiger partial charge is 0.335 e. The van der Waals surface area contributed by atoms with Crippen LogP contribution in [0, 0.1) is 0 Å². The van der Waals surface area contributed by atoms with Crippen LogP contribution in [-0.4, -0.2) is 35.5 Å². The van der Waals surface area contributed by atoms with Crippen molar-refractivity contribution in [2.75, 3.05) is 13.3 Å². The van der Waals surface area contributed by atoms with Crippen molar-refractivity contribution >= 4 is 13.4 Å². The Morgan fingerprint density at radius 2 is 1.76 bits per heavy atom. The van der Waals surface area contributed by atoms with Crippen molar-refractivity contribution in [2.45, 2.75) is 37.3 Å². The van der Waals surface area contributed by atoms with Crippen molar-refractivity contribution < 1.29 is 31.9 Å². The van der Waals surface area contributed by atoms with E-state index in [0.29, 0.717) is 0 Å². The molecule has 1 saturated carbocycles. The van der Waals surface area contributed by atoms with Gasteiger partial charge in [-0.05, 0) is 12.8 Å². The van der Waals surface area contributed by atoms with Crippen LogP contribution < -0.4 is 0 Å². The van der Waals surface area contributed by atoms with Crippen molar-refractivity contribution in [3.8, 4) is 0 Å². The Hall–Kier alpha value is -0.390. The molecule has 0 aromatic carbocycles. The van der Waals surface area contributed by atoms with Gasteiger partial charge in [-0.1, -0.05) is 0 Å². The van der Waals surface area contributed by atoms with Crippen LogP contribution >= 0.6 is 7.60 Å². The van der Waals surface area contributed by atoms with E-state index >= 15 is 0 Å². The molecule has 1 atom stereocenters. The van der Waals surface area contributed by atoms with Crippen LogP contribution in [0.1, 0.15) is 25.7 Å². The molecule has 0 amide bonds. The van der Waals surface area contributed by atoms with Gasteiger partial charge in [0.05, 0.1) is 0 Å². The summed E-state index contributed by atoms with van der Waals surface area (Å²) < 4.78 is 54.9. The quantitative estimate of drug-likeness (QED) is 0.799. The van der Waals surface area contributed by atoms with E-state index in [2.05, 4.69) is 4.52 Å². The van der Waals surface area contributed by atoms with E-state index in [4.69, 9.17) is 4.89 Å². The third-order valence-electron chi connectivity index (χ3n) is 2.90. The van der Waals surface area contributed by atoms with E-state index in [9.17, 15) is 22.5 Å². The van der Waals surface area contributed by atoms with Gasteiger partial charge in [-0.2, -0.15) is 0 Å². The fourth-order valence-electron chi connectivity index (χ4n) is 1.68. The maximum absolute atomic E-state index is 14.0. The summed E-state index contributed by atoms with van der Waals surface area (Å²) in [5.41, 5.74) is -2.43. The van der Waals surface area contributed by atoms with E-state index in [0.717, 1.165) is 7.11 Å². The second-order valence-electron chi connectivity index (χ2n) is 4.22. The molecule has 1 N–H and O–H groups in total. The first-order chi connectivity index (χ1) is 7.60. The fourth-order valence-corrected chi connectivity index (χ4v) is 2.45. The van der Waals surface area contributed by atoms with E-state index in [1.807, 2.05) is 0 Å². The Kier molecular flexibility index (Phi) is 4.06. The summed E-state index contributed by atoms with van der Waals surface area (Å²) >= 11 is 0. The highest BCUT2D eigenvalue weighted by Crippen LogP contribution is 2.46. The highest BCUT2D eigenvalue weighted by molar-refractivity contribution is 7.53. The summed E-state index contributed by atoms with van der Waals surface area (Å²) in [6.07, 6.45) is -3.67. The summed E-state index contributed by atoms with van der Waals surface area (Å²) in [6, 6.07) is 0. The van der Waals surface area contributed by atoms with Crippen molar-refractivity contribution in [1.29, 1.82) is 0 Å². The molecule has 1 aliphatic rings. The lowest BCUT2D eigenvalue weighted by molar-refractivity contribution is -0.137. The normalized spacial score (nSPS) is 26.2. The van der Waals surface area contributed by atoms with Gasteiger partial charge in [0.2, 0.25) is 5.92 Å². The average Bonchev–Trinajstić information content (AvgIpc) is 2.22. The number of hydrogen-bond acceptors (Lipinski definition) is 3. The number of ketones is 1. The van der Waals surface area contributed by atoms with Crippen molar-refractivity contribution in [2.24, 2.45) is 0 Å². The van der Waals surface area contributed by atoms with Gasteiger partial charge in [-0.15, -0.1) is 0 Å². The van der Waals surface area contributed by atoms with Crippen LogP contribution in [0.4, 0.5) is 13.2 Å². The van der Waals surface area contributed by atoms with Gasteiger partial charge in [-0.25, -0.2) is 13.2 Å². The molecule has 1 unspecified atom stereocenters. The van der Waals surface area contributed by atoms with E-state index in [1.54, 1.807) is 0 Å². The van der Waals surface area contributed by atoms with Crippen LogP contribution in [0.25, 0.3) is 0 Å². The maximum atomic E-state index is 14.0. The third kappa shape index (κ3) is 3.79. The number of carbonyl (C=O) groups is 1. The Morgan fingerprint density at radius 3 is 2.18 bits per heavy atom. The lowest BCUT2D eigenvalue weighted by Gasteiger charge is -2.32. The van der Waals surface area contributed by atoms with Crippen LogP contribution in [-0.2, 0) is 13.9 Å². The first kappa shape index (κ1) is 14.7. The van der Waals surface area contributed by atoms with E-state index < -0.39 is 56.8 Å². The first-order valence-corrected chi connectivity index (χ1v) is 6.84. The van der Waals surface area contributed by atoms with E-state index in [-0.39, 0.29) is 0 Å².